The van der Waals surface area contributed by atoms with Crippen LogP contribution in [0.5, 0.6) is 0 Å². The van der Waals surface area contributed by atoms with Gasteiger partial charge in [-0.1, -0.05) is 18.2 Å². The quantitative estimate of drug-likeness (QED) is 0.705. The van der Waals surface area contributed by atoms with Crippen molar-refractivity contribution in [1.29, 1.82) is 0 Å². The SMILES string of the molecule is CN1CC(c2ccnc(N)n2)C2(C1)CN(C(=O)c1ccccc1-c1cn[nH]c1)C2. The molecule has 2 aliphatic heterocycles. The zero-order chi connectivity index (χ0) is 20.0. The Morgan fingerprint density at radius 3 is 2.83 bits per heavy atom. The number of nitrogens with zero attached hydrogens (tertiary/aromatic N) is 5. The van der Waals surface area contributed by atoms with Gasteiger partial charge in [0.15, 0.2) is 0 Å². The molecule has 148 valence electrons. The molecule has 0 radical (unpaired) electrons. The Hall–Kier alpha value is -3.26. The molecule has 1 spiro atoms. The molecule has 1 aromatic carbocycles. The summed E-state index contributed by atoms with van der Waals surface area (Å²) in [5.74, 6) is 0.599. The molecule has 29 heavy (non-hydrogen) atoms. The van der Waals surface area contributed by atoms with Gasteiger partial charge in [0.2, 0.25) is 5.95 Å². The number of likely N-dealkylation sites (N-methyl/N-ethyl adjacent to an activating group) is 1. The Bertz CT molecular complexity index is 1040. The Kier molecular flexibility index (Phi) is 4.09. The molecular formula is C21H23N7O. The minimum atomic E-state index is 0.00971. The number of rotatable bonds is 3. The molecule has 0 aliphatic carbocycles. The summed E-state index contributed by atoms with van der Waals surface area (Å²) in [7, 11) is 2.12. The molecule has 3 aromatic rings. The predicted molar refractivity (Wildman–Crippen MR) is 109 cm³/mol. The average molecular weight is 389 g/mol. The number of hydrogen-bond acceptors (Lipinski definition) is 6. The van der Waals surface area contributed by atoms with Crippen molar-refractivity contribution in [1.82, 2.24) is 30.0 Å². The predicted octanol–water partition coefficient (Wildman–Crippen LogP) is 1.62. The van der Waals surface area contributed by atoms with Crippen molar-refractivity contribution in [2.45, 2.75) is 5.92 Å². The second kappa shape index (κ2) is 6.66. The van der Waals surface area contributed by atoms with Gasteiger partial charge >= 0.3 is 0 Å². The molecule has 2 saturated heterocycles. The second-order valence-corrected chi connectivity index (χ2v) is 8.15. The lowest BCUT2D eigenvalue weighted by molar-refractivity contribution is 0.00361. The van der Waals surface area contributed by atoms with E-state index in [2.05, 4.69) is 32.1 Å². The molecular weight excluding hydrogens is 366 g/mol. The lowest BCUT2D eigenvalue weighted by Gasteiger charge is -2.51. The van der Waals surface area contributed by atoms with Crippen LogP contribution in [0.3, 0.4) is 0 Å². The second-order valence-electron chi connectivity index (χ2n) is 8.15. The van der Waals surface area contributed by atoms with Crippen molar-refractivity contribution in [3.8, 4) is 11.1 Å². The van der Waals surface area contributed by atoms with Crippen molar-refractivity contribution < 1.29 is 4.79 Å². The Balaban J connectivity index is 1.39. The number of carbonyl (C=O) groups excluding carboxylic acids is 1. The summed E-state index contributed by atoms with van der Waals surface area (Å²) in [6.07, 6.45) is 5.27. The molecule has 4 heterocycles. The lowest BCUT2D eigenvalue weighted by Crippen LogP contribution is -2.61. The molecule has 8 heteroatoms. The van der Waals surface area contributed by atoms with Crippen molar-refractivity contribution in [2.75, 3.05) is 39.0 Å². The highest BCUT2D eigenvalue weighted by Gasteiger charge is 2.55. The van der Waals surface area contributed by atoms with Gasteiger partial charge in [-0.2, -0.15) is 5.10 Å². The van der Waals surface area contributed by atoms with Crippen LogP contribution in [0.4, 0.5) is 5.95 Å². The van der Waals surface area contributed by atoms with E-state index in [0.29, 0.717) is 24.6 Å². The minimum absolute atomic E-state index is 0.00971. The summed E-state index contributed by atoms with van der Waals surface area (Å²) in [6.45, 7) is 3.27. The zero-order valence-corrected chi connectivity index (χ0v) is 16.2. The summed E-state index contributed by atoms with van der Waals surface area (Å²) in [5.41, 5.74) is 9.31. The van der Waals surface area contributed by atoms with Gasteiger partial charge in [0.05, 0.1) is 11.9 Å². The number of nitrogen functional groups attached to an aromatic ring is 1. The number of amides is 1. The number of aromatic amines is 1. The Morgan fingerprint density at radius 2 is 2.07 bits per heavy atom. The van der Waals surface area contributed by atoms with Gasteiger partial charge in [0.1, 0.15) is 0 Å². The molecule has 1 atom stereocenters. The average Bonchev–Trinajstić information content (AvgIpc) is 3.34. The third kappa shape index (κ3) is 2.96. The van der Waals surface area contributed by atoms with E-state index < -0.39 is 0 Å². The molecule has 0 bridgehead atoms. The number of nitrogens with one attached hydrogen (secondary N) is 1. The number of hydrogen-bond donors (Lipinski definition) is 2. The van der Waals surface area contributed by atoms with Crippen LogP contribution in [0.1, 0.15) is 22.0 Å². The van der Waals surface area contributed by atoms with E-state index in [9.17, 15) is 4.79 Å². The first-order chi connectivity index (χ1) is 14.1. The Morgan fingerprint density at radius 1 is 1.24 bits per heavy atom. The van der Waals surface area contributed by atoms with Crippen LogP contribution in [0.15, 0.2) is 48.9 Å². The van der Waals surface area contributed by atoms with Crippen molar-refractivity contribution in [3.63, 3.8) is 0 Å². The summed E-state index contributed by atoms with van der Waals surface area (Å²) in [6, 6.07) is 9.64. The monoisotopic (exact) mass is 389 g/mol. The maximum absolute atomic E-state index is 13.3. The number of anilines is 1. The van der Waals surface area contributed by atoms with Gasteiger partial charge < -0.3 is 15.5 Å². The van der Waals surface area contributed by atoms with E-state index in [-0.39, 0.29) is 17.2 Å². The fourth-order valence-corrected chi connectivity index (χ4v) is 4.88. The van der Waals surface area contributed by atoms with E-state index in [1.54, 1.807) is 12.4 Å². The maximum Gasteiger partial charge on any atom is 0.254 e. The van der Waals surface area contributed by atoms with Gasteiger partial charge in [-0.25, -0.2) is 9.97 Å². The number of nitrogens with two attached hydrogens (primary N) is 1. The van der Waals surface area contributed by atoms with Crippen LogP contribution in [0.2, 0.25) is 0 Å². The summed E-state index contributed by atoms with van der Waals surface area (Å²) < 4.78 is 0. The molecule has 8 nitrogen and oxygen atoms in total. The molecule has 3 N–H and O–H groups in total. The van der Waals surface area contributed by atoms with Crippen LogP contribution < -0.4 is 5.73 Å². The van der Waals surface area contributed by atoms with E-state index in [1.165, 1.54) is 0 Å². The number of carbonyl (C=O) groups is 1. The van der Waals surface area contributed by atoms with Gasteiger partial charge in [0.25, 0.3) is 5.91 Å². The maximum atomic E-state index is 13.3. The van der Waals surface area contributed by atoms with Crippen LogP contribution in [-0.2, 0) is 0 Å². The smallest absolute Gasteiger partial charge is 0.254 e. The first-order valence-corrected chi connectivity index (χ1v) is 9.70. The van der Waals surface area contributed by atoms with Gasteiger partial charge in [-0.15, -0.1) is 0 Å². The van der Waals surface area contributed by atoms with Crippen LogP contribution in [0, 0.1) is 5.41 Å². The number of H-pyrrole nitrogens is 1. The normalized spacial score (nSPS) is 20.7. The first-order valence-electron chi connectivity index (χ1n) is 9.70. The number of benzene rings is 1. The van der Waals surface area contributed by atoms with Crippen LogP contribution in [-0.4, -0.2) is 69.1 Å². The van der Waals surface area contributed by atoms with E-state index in [1.807, 2.05) is 41.4 Å². The highest BCUT2D eigenvalue weighted by Crippen LogP contribution is 2.48. The Labute approximate surface area is 168 Å². The molecule has 1 unspecified atom stereocenters. The molecule has 1 amide bonds. The summed E-state index contributed by atoms with van der Waals surface area (Å²) >= 11 is 0. The summed E-state index contributed by atoms with van der Waals surface area (Å²) in [4.78, 5) is 26.0. The lowest BCUT2D eigenvalue weighted by atomic mass is 9.70. The highest BCUT2D eigenvalue weighted by molar-refractivity contribution is 6.01. The topological polar surface area (TPSA) is 104 Å². The fraction of sp³-hybridized carbons (Fsp3) is 0.333. The molecule has 2 fully saturated rings. The van der Waals surface area contributed by atoms with E-state index >= 15 is 0 Å². The van der Waals surface area contributed by atoms with Gasteiger partial charge in [0, 0.05) is 61.0 Å². The van der Waals surface area contributed by atoms with Crippen molar-refractivity contribution in [3.05, 3.63) is 60.2 Å². The molecule has 2 aliphatic rings. The van der Waals surface area contributed by atoms with E-state index in [0.717, 1.165) is 29.9 Å². The summed E-state index contributed by atoms with van der Waals surface area (Å²) in [5, 5.41) is 6.84. The zero-order valence-electron chi connectivity index (χ0n) is 16.2. The molecule has 0 saturated carbocycles. The van der Waals surface area contributed by atoms with Crippen molar-refractivity contribution in [2.24, 2.45) is 5.41 Å². The number of aromatic nitrogens is 4. The highest BCUT2D eigenvalue weighted by atomic mass is 16.2. The molecule has 2 aromatic heterocycles. The number of likely N-dealkylation sites (tertiary alicyclic amines) is 2. The van der Waals surface area contributed by atoms with Crippen LogP contribution in [0.25, 0.3) is 11.1 Å². The van der Waals surface area contributed by atoms with Crippen molar-refractivity contribution >= 4 is 11.9 Å². The largest absolute Gasteiger partial charge is 0.368 e. The standard InChI is InChI=1S/C21H23N7O/c1-27-10-17(18-6-7-23-20(22)26-18)21(11-27)12-28(13-21)19(29)16-5-3-2-4-15(16)14-8-24-25-9-14/h2-9,17H,10-13H2,1H3,(H,24,25)(H2,22,23,26). The van der Waals surface area contributed by atoms with E-state index in [4.69, 9.17) is 5.73 Å². The first kappa shape index (κ1) is 17.8. The van der Waals surface area contributed by atoms with Gasteiger partial charge in [-0.05, 0) is 24.7 Å². The fourth-order valence-electron chi connectivity index (χ4n) is 4.88. The minimum Gasteiger partial charge on any atom is -0.368 e. The third-order valence-electron chi connectivity index (χ3n) is 6.14. The van der Waals surface area contributed by atoms with Gasteiger partial charge in [-0.3, -0.25) is 9.89 Å². The van der Waals surface area contributed by atoms with Crippen LogP contribution >= 0.6 is 0 Å². The molecule has 5 rings (SSSR count). The third-order valence-corrected chi connectivity index (χ3v) is 6.14.